The maximum Gasteiger partial charge on any atom is 0.258 e. The summed E-state index contributed by atoms with van der Waals surface area (Å²) < 4.78 is 12.1. The molecule has 1 aromatic heterocycles. The number of hydrogen-bond acceptors (Lipinski definition) is 4. The number of carbonyl (C=O) groups is 1. The van der Waals surface area contributed by atoms with Gasteiger partial charge < -0.3 is 14.8 Å². The molecule has 0 radical (unpaired) electrons. The van der Waals surface area contributed by atoms with Crippen LogP contribution in [0.2, 0.25) is 5.02 Å². The van der Waals surface area contributed by atoms with Crippen molar-refractivity contribution < 1.29 is 14.3 Å². The maximum atomic E-state index is 12.5. The van der Waals surface area contributed by atoms with E-state index in [2.05, 4.69) is 10.4 Å². The van der Waals surface area contributed by atoms with Crippen molar-refractivity contribution in [2.24, 2.45) is 0 Å². The summed E-state index contributed by atoms with van der Waals surface area (Å²) in [5.74, 6) is 0.597. The number of benzene rings is 2. The van der Waals surface area contributed by atoms with Crippen molar-refractivity contribution in [1.82, 2.24) is 9.78 Å². The Morgan fingerprint density at radius 2 is 1.84 bits per heavy atom. The van der Waals surface area contributed by atoms with E-state index in [1.165, 1.54) is 20.4 Å². The molecule has 3 rings (SSSR count). The molecule has 0 spiro atoms. The smallest absolute Gasteiger partial charge is 0.258 e. The first-order chi connectivity index (χ1) is 12.1. The summed E-state index contributed by atoms with van der Waals surface area (Å²) in [5, 5.41) is 7.37. The van der Waals surface area contributed by atoms with Crippen LogP contribution in [0.4, 0.5) is 5.69 Å². The number of ether oxygens (including phenoxy) is 2. The van der Waals surface area contributed by atoms with Crippen molar-refractivity contribution >= 4 is 23.2 Å². The number of amides is 1. The van der Waals surface area contributed by atoms with E-state index >= 15 is 0 Å². The van der Waals surface area contributed by atoms with E-state index < -0.39 is 0 Å². The van der Waals surface area contributed by atoms with Crippen molar-refractivity contribution in [2.75, 3.05) is 19.5 Å². The highest BCUT2D eigenvalue weighted by Crippen LogP contribution is 2.36. The summed E-state index contributed by atoms with van der Waals surface area (Å²) in [6.45, 7) is 0. The van der Waals surface area contributed by atoms with Crippen molar-refractivity contribution in [3.63, 3.8) is 0 Å². The first-order valence-electron chi connectivity index (χ1n) is 7.45. The molecule has 0 aliphatic carbocycles. The second-order valence-corrected chi connectivity index (χ2v) is 5.56. The quantitative estimate of drug-likeness (QED) is 0.754. The number of nitrogens with one attached hydrogen (secondary N) is 1. The summed E-state index contributed by atoms with van der Waals surface area (Å²) in [7, 11) is 3.02. The van der Waals surface area contributed by atoms with Crippen molar-refractivity contribution in [3.8, 4) is 17.2 Å². The first kappa shape index (κ1) is 16.9. The lowest BCUT2D eigenvalue weighted by Gasteiger charge is -2.12. The van der Waals surface area contributed by atoms with Crippen LogP contribution < -0.4 is 14.8 Å². The van der Waals surface area contributed by atoms with Crippen LogP contribution in [0.25, 0.3) is 5.69 Å². The predicted molar refractivity (Wildman–Crippen MR) is 96.1 cm³/mol. The van der Waals surface area contributed by atoms with Crippen LogP contribution in [0, 0.1) is 0 Å². The van der Waals surface area contributed by atoms with Gasteiger partial charge in [-0.1, -0.05) is 29.8 Å². The zero-order valence-electron chi connectivity index (χ0n) is 13.7. The molecule has 2 aromatic carbocycles. The van der Waals surface area contributed by atoms with Crippen molar-refractivity contribution in [1.29, 1.82) is 0 Å². The van der Waals surface area contributed by atoms with E-state index in [1.54, 1.807) is 23.0 Å². The van der Waals surface area contributed by atoms with E-state index in [4.69, 9.17) is 21.1 Å². The van der Waals surface area contributed by atoms with Crippen molar-refractivity contribution in [3.05, 3.63) is 65.4 Å². The van der Waals surface area contributed by atoms with Crippen LogP contribution in [0.3, 0.4) is 0 Å². The zero-order valence-corrected chi connectivity index (χ0v) is 14.4. The summed E-state index contributed by atoms with van der Waals surface area (Å²) in [6, 6.07) is 12.7. The summed E-state index contributed by atoms with van der Waals surface area (Å²) in [6.07, 6.45) is 3.15. The summed E-state index contributed by atoms with van der Waals surface area (Å²) in [4.78, 5) is 12.5. The van der Waals surface area contributed by atoms with Gasteiger partial charge in [-0.25, -0.2) is 4.68 Å². The number of rotatable bonds is 5. The Morgan fingerprint density at radius 1 is 1.12 bits per heavy atom. The average molecular weight is 358 g/mol. The number of carbonyl (C=O) groups excluding carboxylic acids is 1. The molecule has 0 saturated heterocycles. The van der Waals surface area contributed by atoms with Gasteiger partial charge >= 0.3 is 0 Å². The fraction of sp³-hybridized carbons (Fsp3) is 0.111. The fourth-order valence-corrected chi connectivity index (χ4v) is 2.56. The van der Waals surface area contributed by atoms with Crippen molar-refractivity contribution in [2.45, 2.75) is 0 Å². The second kappa shape index (κ2) is 7.27. The fourth-order valence-electron chi connectivity index (χ4n) is 2.31. The highest BCUT2D eigenvalue weighted by Gasteiger charge is 2.15. The minimum Gasteiger partial charge on any atom is -0.495 e. The molecule has 128 valence electrons. The molecule has 0 aliphatic heterocycles. The topological polar surface area (TPSA) is 65.4 Å². The maximum absolute atomic E-state index is 12.5. The van der Waals surface area contributed by atoms with Gasteiger partial charge in [-0.15, -0.1) is 0 Å². The van der Waals surface area contributed by atoms with Gasteiger partial charge in [-0.3, -0.25) is 4.79 Å². The molecule has 0 atom stereocenters. The van der Waals surface area contributed by atoms with E-state index in [1.807, 2.05) is 30.3 Å². The number of methoxy groups -OCH3 is 2. The molecule has 3 aromatic rings. The number of halogens is 1. The lowest BCUT2D eigenvalue weighted by Crippen LogP contribution is -2.12. The van der Waals surface area contributed by atoms with Gasteiger partial charge in [0, 0.05) is 12.3 Å². The third-order valence-corrected chi connectivity index (χ3v) is 3.88. The van der Waals surface area contributed by atoms with Crippen LogP contribution in [-0.2, 0) is 0 Å². The molecule has 1 N–H and O–H groups in total. The second-order valence-electron chi connectivity index (χ2n) is 5.15. The summed E-state index contributed by atoms with van der Waals surface area (Å²) >= 11 is 6.12. The number of aromatic nitrogens is 2. The molecule has 1 amide bonds. The minimum absolute atomic E-state index is 0.318. The molecular weight excluding hydrogens is 342 g/mol. The van der Waals surface area contributed by atoms with E-state index in [-0.39, 0.29) is 5.91 Å². The predicted octanol–water partition coefficient (Wildman–Crippen LogP) is 3.80. The number of hydrogen-bond donors (Lipinski definition) is 1. The normalized spacial score (nSPS) is 10.4. The Morgan fingerprint density at radius 3 is 2.52 bits per heavy atom. The Balaban J connectivity index is 1.84. The number of anilines is 1. The lowest BCUT2D eigenvalue weighted by atomic mass is 10.2. The van der Waals surface area contributed by atoms with Gasteiger partial charge in [0.15, 0.2) is 0 Å². The van der Waals surface area contributed by atoms with Gasteiger partial charge in [0.05, 0.1) is 42.4 Å². The third-order valence-electron chi connectivity index (χ3n) is 3.59. The molecule has 0 bridgehead atoms. The summed E-state index contributed by atoms with van der Waals surface area (Å²) in [5.41, 5.74) is 1.73. The molecule has 0 fully saturated rings. The highest BCUT2D eigenvalue weighted by molar-refractivity contribution is 6.32. The molecular formula is C18H16ClN3O3. The molecule has 0 saturated carbocycles. The largest absolute Gasteiger partial charge is 0.495 e. The number of nitrogens with zero attached hydrogens (tertiary/aromatic N) is 2. The Labute approximate surface area is 149 Å². The van der Waals surface area contributed by atoms with Gasteiger partial charge in [0.25, 0.3) is 5.91 Å². The van der Waals surface area contributed by atoms with E-state index in [0.29, 0.717) is 27.8 Å². The van der Waals surface area contributed by atoms with Crippen LogP contribution >= 0.6 is 11.6 Å². The van der Waals surface area contributed by atoms with Crippen LogP contribution in [0.5, 0.6) is 11.5 Å². The lowest BCUT2D eigenvalue weighted by molar-refractivity contribution is 0.102. The Kier molecular flexibility index (Phi) is 4.90. The SMILES string of the molecule is COc1cc(OC)c(NC(=O)c2cnn(-c3ccccc3)c2)cc1Cl. The van der Waals surface area contributed by atoms with Gasteiger partial charge in [0.1, 0.15) is 11.5 Å². The first-order valence-corrected chi connectivity index (χ1v) is 7.83. The molecule has 0 unspecified atom stereocenters. The van der Waals surface area contributed by atoms with Gasteiger partial charge in [0.2, 0.25) is 0 Å². The van der Waals surface area contributed by atoms with Gasteiger partial charge in [-0.05, 0) is 18.2 Å². The third kappa shape index (κ3) is 3.59. The van der Waals surface area contributed by atoms with E-state index in [9.17, 15) is 4.79 Å². The molecule has 6 nitrogen and oxygen atoms in total. The van der Waals surface area contributed by atoms with Crippen LogP contribution in [0.15, 0.2) is 54.9 Å². The Bertz CT molecular complexity index is 894. The minimum atomic E-state index is -0.318. The Hall–Kier alpha value is -2.99. The highest BCUT2D eigenvalue weighted by atomic mass is 35.5. The zero-order chi connectivity index (χ0) is 17.8. The standard InChI is InChI=1S/C18H16ClN3O3/c1-24-16-9-17(25-2)15(8-14(16)19)21-18(23)12-10-20-22(11-12)13-6-4-3-5-7-13/h3-11H,1-2H3,(H,21,23). The van der Waals surface area contributed by atoms with Crippen LogP contribution in [0.1, 0.15) is 10.4 Å². The van der Waals surface area contributed by atoms with Crippen LogP contribution in [-0.4, -0.2) is 29.9 Å². The molecule has 0 aliphatic rings. The number of para-hydroxylation sites is 1. The molecule has 25 heavy (non-hydrogen) atoms. The monoisotopic (exact) mass is 357 g/mol. The van der Waals surface area contributed by atoms with E-state index in [0.717, 1.165) is 5.69 Å². The van der Waals surface area contributed by atoms with Gasteiger partial charge in [-0.2, -0.15) is 5.10 Å². The average Bonchev–Trinajstić information content (AvgIpc) is 3.13. The molecule has 1 heterocycles. The molecule has 7 heteroatoms.